The van der Waals surface area contributed by atoms with Gasteiger partial charge in [-0.1, -0.05) is 30.3 Å². The van der Waals surface area contributed by atoms with Crippen molar-refractivity contribution in [3.05, 3.63) is 59.8 Å². The molecular weight excluding hydrogens is 305 g/mol. The van der Waals surface area contributed by atoms with Crippen molar-refractivity contribution in [2.45, 2.75) is 18.7 Å². The average molecular weight is 322 g/mol. The Morgan fingerprint density at radius 2 is 1.91 bits per heavy atom. The van der Waals surface area contributed by atoms with Crippen molar-refractivity contribution in [2.24, 2.45) is 5.92 Å². The van der Waals surface area contributed by atoms with Crippen LogP contribution in [0.25, 0.3) is 0 Å². The number of ether oxygens (including phenoxy) is 1. The predicted molar refractivity (Wildman–Crippen MR) is 80.0 cm³/mol. The van der Waals surface area contributed by atoms with Crippen LogP contribution in [0.15, 0.2) is 48.7 Å². The van der Waals surface area contributed by atoms with E-state index in [9.17, 15) is 13.2 Å². The minimum atomic E-state index is -4.39. The van der Waals surface area contributed by atoms with E-state index in [1.165, 1.54) is 6.07 Å². The van der Waals surface area contributed by atoms with Crippen LogP contribution in [0.5, 0.6) is 5.88 Å². The Bertz CT molecular complexity index is 623. The van der Waals surface area contributed by atoms with E-state index in [0.29, 0.717) is 0 Å². The maximum atomic E-state index is 12.6. The molecule has 3 rings (SSSR count). The number of rotatable bonds is 4. The summed E-state index contributed by atoms with van der Waals surface area (Å²) in [5.41, 5.74) is 0.228. The summed E-state index contributed by atoms with van der Waals surface area (Å²) in [6, 6.07) is 12.0. The summed E-state index contributed by atoms with van der Waals surface area (Å²) in [5.74, 6) is 0.472. The highest BCUT2D eigenvalue weighted by molar-refractivity contribution is 5.23. The number of alkyl halides is 3. The Labute approximate surface area is 132 Å². The molecule has 0 saturated carbocycles. The van der Waals surface area contributed by atoms with Crippen LogP contribution in [0, 0.1) is 5.92 Å². The highest BCUT2D eigenvalue weighted by Gasteiger charge is 2.32. The van der Waals surface area contributed by atoms with Crippen LogP contribution in [0.1, 0.15) is 23.7 Å². The van der Waals surface area contributed by atoms with Crippen molar-refractivity contribution in [1.29, 1.82) is 0 Å². The highest BCUT2D eigenvalue weighted by Crippen LogP contribution is 2.33. The first-order chi connectivity index (χ1) is 11.0. The van der Waals surface area contributed by atoms with Gasteiger partial charge in [0.15, 0.2) is 0 Å². The van der Waals surface area contributed by atoms with Gasteiger partial charge in [0.25, 0.3) is 0 Å². The molecule has 1 aliphatic heterocycles. The van der Waals surface area contributed by atoms with Gasteiger partial charge in [-0.25, -0.2) is 4.98 Å². The first kappa shape index (κ1) is 15.8. The van der Waals surface area contributed by atoms with Crippen molar-refractivity contribution in [1.82, 2.24) is 10.3 Å². The van der Waals surface area contributed by atoms with E-state index in [2.05, 4.69) is 10.3 Å². The van der Waals surface area contributed by atoms with Gasteiger partial charge in [-0.05, 0) is 24.6 Å². The fourth-order valence-electron chi connectivity index (χ4n) is 2.76. The summed E-state index contributed by atoms with van der Waals surface area (Å²) in [6.07, 6.45) is -2.85. The molecule has 1 unspecified atom stereocenters. The Morgan fingerprint density at radius 3 is 2.48 bits per heavy atom. The topological polar surface area (TPSA) is 34.1 Å². The zero-order valence-electron chi connectivity index (χ0n) is 12.4. The second-order valence-electron chi connectivity index (χ2n) is 5.58. The number of hydrogen-bond donors (Lipinski definition) is 1. The van der Waals surface area contributed by atoms with Crippen LogP contribution in [0.4, 0.5) is 13.2 Å². The van der Waals surface area contributed by atoms with Crippen molar-refractivity contribution < 1.29 is 17.9 Å². The van der Waals surface area contributed by atoms with Gasteiger partial charge in [-0.3, -0.25) is 0 Å². The van der Waals surface area contributed by atoms with Crippen molar-refractivity contribution in [3.8, 4) is 5.88 Å². The molecule has 6 heteroatoms. The van der Waals surface area contributed by atoms with E-state index in [1.54, 1.807) is 0 Å². The van der Waals surface area contributed by atoms with E-state index in [4.69, 9.17) is 4.74 Å². The summed E-state index contributed by atoms with van der Waals surface area (Å²) in [4.78, 5) is 3.82. The summed E-state index contributed by atoms with van der Waals surface area (Å²) in [6.45, 7) is 1.73. The number of halogens is 3. The molecule has 2 aromatic rings. The van der Waals surface area contributed by atoms with Crippen LogP contribution in [-0.2, 0) is 6.18 Å². The van der Waals surface area contributed by atoms with Gasteiger partial charge >= 0.3 is 6.18 Å². The molecule has 0 spiro atoms. The number of hydrogen-bond acceptors (Lipinski definition) is 3. The summed E-state index contributed by atoms with van der Waals surface area (Å²) in [5, 5.41) is 3.29. The first-order valence-corrected chi connectivity index (χ1v) is 7.49. The Morgan fingerprint density at radius 1 is 1.13 bits per heavy atom. The largest absolute Gasteiger partial charge is 0.469 e. The van der Waals surface area contributed by atoms with E-state index < -0.39 is 11.7 Å². The molecule has 1 aromatic heterocycles. The lowest BCUT2D eigenvalue weighted by Crippen LogP contribution is -2.21. The molecule has 0 amide bonds. The number of benzene rings is 1. The van der Waals surface area contributed by atoms with E-state index in [-0.39, 0.29) is 17.9 Å². The number of nitrogens with one attached hydrogen (secondary N) is 1. The molecule has 3 nitrogen and oxygen atoms in total. The lowest BCUT2D eigenvalue weighted by atomic mass is 9.95. The van der Waals surface area contributed by atoms with Crippen LogP contribution in [0.3, 0.4) is 0 Å². The van der Waals surface area contributed by atoms with E-state index in [1.807, 2.05) is 30.3 Å². The average Bonchev–Trinajstić information content (AvgIpc) is 3.07. The molecule has 23 heavy (non-hydrogen) atoms. The lowest BCUT2D eigenvalue weighted by molar-refractivity contribution is -0.137. The standard InChI is InChI=1S/C17H17F3N2O/c18-17(19,20)14-6-7-15(22-11-14)23-16(13-8-9-21-10-13)12-4-2-1-3-5-12/h1-7,11,13,16,21H,8-10H2/t13-,16?/m1/s1. The maximum absolute atomic E-state index is 12.6. The minimum Gasteiger partial charge on any atom is -0.469 e. The van der Waals surface area contributed by atoms with E-state index in [0.717, 1.165) is 37.3 Å². The molecule has 0 bridgehead atoms. The van der Waals surface area contributed by atoms with Gasteiger partial charge in [0.2, 0.25) is 5.88 Å². The third-order valence-corrected chi connectivity index (χ3v) is 3.97. The van der Waals surface area contributed by atoms with Gasteiger partial charge in [0, 0.05) is 24.7 Å². The fourth-order valence-corrected chi connectivity index (χ4v) is 2.76. The summed E-state index contributed by atoms with van der Waals surface area (Å²) < 4.78 is 43.7. The molecule has 2 heterocycles. The SMILES string of the molecule is FC(F)(F)c1ccc(OC(c2ccccc2)[C@@H]2CCNC2)nc1. The van der Waals surface area contributed by atoms with Gasteiger partial charge < -0.3 is 10.1 Å². The van der Waals surface area contributed by atoms with Gasteiger partial charge in [-0.2, -0.15) is 13.2 Å². The molecule has 1 aliphatic rings. The summed E-state index contributed by atoms with van der Waals surface area (Å²) >= 11 is 0. The van der Waals surface area contributed by atoms with Crippen molar-refractivity contribution >= 4 is 0 Å². The zero-order valence-corrected chi connectivity index (χ0v) is 12.4. The van der Waals surface area contributed by atoms with Crippen LogP contribution < -0.4 is 10.1 Å². The molecule has 0 radical (unpaired) electrons. The molecular formula is C17H17F3N2O. The Kier molecular flexibility index (Phi) is 4.52. The van der Waals surface area contributed by atoms with Crippen LogP contribution >= 0.6 is 0 Å². The fraction of sp³-hybridized carbons (Fsp3) is 0.353. The molecule has 0 aliphatic carbocycles. The van der Waals surface area contributed by atoms with Crippen LogP contribution in [-0.4, -0.2) is 18.1 Å². The molecule has 122 valence electrons. The first-order valence-electron chi connectivity index (χ1n) is 7.49. The van der Waals surface area contributed by atoms with Gasteiger partial charge in [0.1, 0.15) is 6.10 Å². The smallest absolute Gasteiger partial charge is 0.417 e. The molecule has 1 N–H and O–H groups in total. The number of aromatic nitrogens is 1. The van der Waals surface area contributed by atoms with E-state index >= 15 is 0 Å². The zero-order chi connectivity index (χ0) is 16.3. The van der Waals surface area contributed by atoms with Gasteiger partial charge in [0.05, 0.1) is 5.56 Å². The van der Waals surface area contributed by atoms with Gasteiger partial charge in [-0.15, -0.1) is 0 Å². The normalized spacial score (nSPS) is 19.5. The quantitative estimate of drug-likeness (QED) is 0.929. The molecule has 1 fully saturated rings. The number of nitrogens with zero attached hydrogens (tertiary/aromatic N) is 1. The van der Waals surface area contributed by atoms with Crippen LogP contribution in [0.2, 0.25) is 0 Å². The second-order valence-corrected chi connectivity index (χ2v) is 5.58. The Hall–Kier alpha value is -2.08. The third-order valence-electron chi connectivity index (χ3n) is 3.97. The maximum Gasteiger partial charge on any atom is 0.417 e. The molecule has 2 atom stereocenters. The monoisotopic (exact) mass is 322 g/mol. The number of pyridine rings is 1. The van der Waals surface area contributed by atoms with Crippen molar-refractivity contribution in [2.75, 3.05) is 13.1 Å². The molecule has 1 aromatic carbocycles. The molecule has 1 saturated heterocycles. The lowest BCUT2D eigenvalue weighted by Gasteiger charge is -2.24. The van der Waals surface area contributed by atoms with Crippen molar-refractivity contribution in [3.63, 3.8) is 0 Å². The Balaban J connectivity index is 1.81. The predicted octanol–water partition coefficient (Wildman–Crippen LogP) is 3.83. The highest BCUT2D eigenvalue weighted by atomic mass is 19.4. The second kappa shape index (κ2) is 6.58. The minimum absolute atomic E-state index is 0.207. The summed E-state index contributed by atoms with van der Waals surface area (Å²) in [7, 11) is 0. The third kappa shape index (κ3) is 3.82.